The summed E-state index contributed by atoms with van der Waals surface area (Å²) in [7, 11) is 0. The third-order valence-electron chi connectivity index (χ3n) is 6.57. The first-order valence-electron chi connectivity index (χ1n) is 12.1. The number of hydrogen-bond donors (Lipinski definition) is 1. The molecule has 4 aromatic rings. The Balaban J connectivity index is 1.19. The molecule has 0 radical (unpaired) electrons. The van der Waals surface area contributed by atoms with Crippen LogP contribution < -0.4 is 10.1 Å². The Kier molecular flexibility index (Phi) is 7.23. The van der Waals surface area contributed by atoms with Crippen LogP contribution in [0.15, 0.2) is 72.8 Å². The third kappa shape index (κ3) is 5.71. The molecule has 1 aliphatic heterocycles. The van der Waals surface area contributed by atoms with Crippen LogP contribution in [0.1, 0.15) is 18.7 Å². The Bertz CT molecular complexity index is 1330. The molecule has 8 heteroatoms. The Morgan fingerprint density at radius 1 is 1.00 bits per heavy atom. The van der Waals surface area contributed by atoms with Gasteiger partial charge in [0.1, 0.15) is 29.8 Å². The predicted molar refractivity (Wildman–Crippen MR) is 135 cm³/mol. The molecule has 186 valence electrons. The van der Waals surface area contributed by atoms with Crippen molar-refractivity contribution < 1.29 is 18.3 Å². The molecule has 1 amide bonds. The number of piperidine rings is 1. The van der Waals surface area contributed by atoms with E-state index >= 15 is 0 Å². The largest absolute Gasteiger partial charge is 0.486 e. The van der Waals surface area contributed by atoms with Crippen molar-refractivity contribution in [2.75, 3.05) is 25.0 Å². The lowest BCUT2D eigenvalue weighted by atomic mass is 9.96. The lowest BCUT2D eigenvalue weighted by Gasteiger charge is -2.32. The van der Waals surface area contributed by atoms with Gasteiger partial charge in [-0.3, -0.25) is 9.69 Å². The van der Waals surface area contributed by atoms with Crippen LogP contribution in [0.4, 0.5) is 14.5 Å². The Morgan fingerprint density at radius 2 is 1.75 bits per heavy atom. The van der Waals surface area contributed by atoms with Crippen molar-refractivity contribution in [2.24, 2.45) is 5.92 Å². The molecule has 2 heterocycles. The van der Waals surface area contributed by atoms with Crippen molar-refractivity contribution in [2.45, 2.75) is 26.0 Å². The summed E-state index contributed by atoms with van der Waals surface area (Å²) in [5.41, 5.74) is 2.03. The van der Waals surface area contributed by atoms with Crippen molar-refractivity contribution >= 4 is 22.6 Å². The second-order valence-electron chi connectivity index (χ2n) is 9.12. The van der Waals surface area contributed by atoms with Crippen molar-refractivity contribution in [3.63, 3.8) is 0 Å². The number of para-hydroxylation sites is 3. The van der Waals surface area contributed by atoms with Gasteiger partial charge in [0, 0.05) is 12.6 Å². The standard InChI is InChI=1S/C28H28F2N4O2/c29-21-10-11-24(23(30)16-21)32-28(35)18-33-14-12-20(13-15-33)17-34-26-9-5-4-8-25(26)31-27(34)19-36-22-6-2-1-3-7-22/h1-11,16,20H,12-15,17-19H2,(H,32,35). The highest BCUT2D eigenvalue weighted by Gasteiger charge is 2.23. The summed E-state index contributed by atoms with van der Waals surface area (Å²) in [6, 6.07) is 21.0. The van der Waals surface area contributed by atoms with E-state index in [0.29, 0.717) is 12.5 Å². The van der Waals surface area contributed by atoms with E-state index in [1.807, 2.05) is 48.5 Å². The summed E-state index contributed by atoms with van der Waals surface area (Å²) in [5, 5.41) is 2.54. The van der Waals surface area contributed by atoms with Crippen LogP contribution in [0, 0.1) is 17.6 Å². The number of carbonyl (C=O) groups excluding carboxylic acids is 1. The van der Waals surface area contributed by atoms with Crippen molar-refractivity contribution in [1.82, 2.24) is 14.5 Å². The number of fused-ring (bicyclic) bond motifs is 1. The van der Waals surface area contributed by atoms with E-state index in [-0.39, 0.29) is 18.1 Å². The molecular weight excluding hydrogens is 462 g/mol. The molecule has 1 aliphatic rings. The average Bonchev–Trinajstić information content (AvgIpc) is 3.23. The number of amides is 1. The number of benzene rings is 3. The molecule has 36 heavy (non-hydrogen) atoms. The molecule has 0 spiro atoms. The lowest BCUT2D eigenvalue weighted by molar-refractivity contribution is -0.117. The molecule has 6 nitrogen and oxygen atoms in total. The van der Waals surface area contributed by atoms with Crippen LogP contribution in [-0.4, -0.2) is 40.0 Å². The molecule has 0 atom stereocenters. The first kappa shape index (κ1) is 23.9. The van der Waals surface area contributed by atoms with Gasteiger partial charge in [-0.05, 0) is 68.2 Å². The van der Waals surface area contributed by atoms with Crippen molar-refractivity contribution in [3.05, 3.63) is 90.3 Å². The van der Waals surface area contributed by atoms with Gasteiger partial charge in [-0.2, -0.15) is 0 Å². The normalized spacial score (nSPS) is 14.7. The highest BCUT2D eigenvalue weighted by Crippen LogP contribution is 2.25. The molecule has 3 aromatic carbocycles. The zero-order valence-corrected chi connectivity index (χ0v) is 19.9. The highest BCUT2D eigenvalue weighted by atomic mass is 19.1. The molecule has 0 unspecified atom stereocenters. The average molecular weight is 491 g/mol. The van der Waals surface area contributed by atoms with Gasteiger partial charge in [0.05, 0.1) is 23.3 Å². The number of hydrogen-bond acceptors (Lipinski definition) is 4. The van der Waals surface area contributed by atoms with Crippen LogP contribution in [-0.2, 0) is 17.9 Å². The fourth-order valence-corrected chi connectivity index (χ4v) is 4.67. The van der Waals surface area contributed by atoms with Crippen LogP contribution in [0.25, 0.3) is 11.0 Å². The minimum atomic E-state index is -0.776. The zero-order chi connectivity index (χ0) is 24.9. The first-order chi connectivity index (χ1) is 17.5. The number of carbonyl (C=O) groups is 1. The van der Waals surface area contributed by atoms with Crippen molar-refractivity contribution in [1.29, 1.82) is 0 Å². The van der Waals surface area contributed by atoms with Gasteiger partial charge in [0.15, 0.2) is 0 Å². The molecule has 5 rings (SSSR count). The quantitative estimate of drug-likeness (QED) is 0.367. The molecule has 1 aromatic heterocycles. The monoisotopic (exact) mass is 490 g/mol. The van der Waals surface area contributed by atoms with E-state index in [4.69, 9.17) is 9.72 Å². The number of nitrogens with one attached hydrogen (secondary N) is 1. The number of ether oxygens (including phenoxy) is 1. The Hall–Kier alpha value is -3.78. The molecule has 1 fully saturated rings. The number of rotatable bonds is 8. The van der Waals surface area contributed by atoms with Gasteiger partial charge in [-0.1, -0.05) is 30.3 Å². The van der Waals surface area contributed by atoms with E-state index in [1.165, 1.54) is 6.07 Å². The molecule has 0 bridgehead atoms. The lowest BCUT2D eigenvalue weighted by Crippen LogP contribution is -2.40. The molecule has 0 saturated carbocycles. The summed E-state index contributed by atoms with van der Waals surface area (Å²) in [6.07, 6.45) is 1.87. The molecular formula is C28H28F2N4O2. The van der Waals surface area contributed by atoms with E-state index < -0.39 is 11.6 Å². The van der Waals surface area contributed by atoms with E-state index in [0.717, 1.165) is 67.2 Å². The Morgan fingerprint density at radius 3 is 2.53 bits per heavy atom. The minimum Gasteiger partial charge on any atom is -0.486 e. The van der Waals surface area contributed by atoms with E-state index in [9.17, 15) is 13.6 Å². The van der Waals surface area contributed by atoms with Crippen LogP contribution >= 0.6 is 0 Å². The SMILES string of the molecule is O=C(CN1CCC(Cn2c(COc3ccccc3)nc3ccccc32)CC1)Nc1ccc(F)cc1F. The number of anilines is 1. The van der Waals surface area contributed by atoms with Gasteiger partial charge < -0.3 is 14.6 Å². The number of nitrogens with zero attached hydrogens (tertiary/aromatic N) is 3. The number of likely N-dealkylation sites (tertiary alicyclic amines) is 1. The van der Waals surface area contributed by atoms with Crippen molar-refractivity contribution in [3.8, 4) is 5.75 Å². The smallest absolute Gasteiger partial charge is 0.238 e. The summed E-state index contributed by atoms with van der Waals surface area (Å²) in [5.74, 6) is 0.382. The summed E-state index contributed by atoms with van der Waals surface area (Å²) < 4.78 is 35.2. The van der Waals surface area contributed by atoms with Gasteiger partial charge in [0.2, 0.25) is 5.91 Å². The van der Waals surface area contributed by atoms with Gasteiger partial charge in [0.25, 0.3) is 0 Å². The number of imidazole rings is 1. The fraction of sp³-hybridized carbons (Fsp3) is 0.286. The van der Waals surface area contributed by atoms with Gasteiger partial charge in [-0.25, -0.2) is 13.8 Å². The maximum absolute atomic E-state index is 13.8. The highest BCUT2D eigenvalue weighted by molar-refractivity contribution is 5.92. The summed E-state index contributed by atoms with van der Waals surface area (Å²) >= 11 is 0. The first-order valence-corrected chi connectivity index (χ1v) is 12.1. The number of halogens is 2. The van der Waals surface area contributed by atoms with Gasteiger partial charge in [-0.15, -0.1) is 0 Å². The van der Waals surface area contributed by atoms with Crippen LogP contribution in [0.3, 0.4) is 0 Å². The number of aromatic nitrogens is 2. The fourth-order valence-electron chi connectivity index (χ4n) is 4.67. The van der Waals surface area contributed by atoms with Gasteiger partial charge >= 0.3 is 0 Å². The second-order valence-corrected chi connectivity index (χ2v) is 9.12. The predicted octanol–water partition coefficient (Wildman–Crippen LogP) is 5.24. The topological polar surface area (TPSA) is 59.4 Å². The molecule has 0 aliphatic carbocycles. The summed E-state index contributed by atoms with van der Waals surface area (Å²) in [4.78, 5) is 19.3. The van der Waals surface area contributed by atoms with Crippen LogP contribution in [0.2, 0.25) is 0 Å². The minimum absolute atomic E-state index is 0.00600. The van der Waals surface area contributed by atoms with E-state index in [2.05, 4.69) is 20.9 Å². The Labute approximate surface area is 208 Å². The summed E-state index contributed by atoms with van der Waals surface area (Å²) in [6.45, 7) is 2.93. The molecule has 1 saturated heterocycles. The maximum Gasteiger partial charge on any atom is 0.238 e. The van der Waals surface area contributed by atoms with E-state index in [1.54, 1.807) is 0 Å². The second kappa shape index (κ2) is 10.9. The maximum atomic E-state index is 13.8. The van der Waals surface area contributed by atoms with Crippen LogP contribution in [0.5, 0.6) is 5.75 Å². The third-order valence-corrected chi connectivity index (χ3v) is 6.57. The zero-order valence-electron chi connectivity index (χ0n) is 19.9. The molecule has 1 N–H and O–H groups in total.